The predicted molar refractivity (Wildman–Crippen MR) is 94.0 cm³/mol. The molecule has 1 atom stereocenters. The molecule has 0 radical (unpaired) electrons. The predicted octanol–water partition coefficient (Wildman–Crippen LogP) is 1.73. The standard InChI is InChI=1S/C17H16N4O2S/c1-21-13-5-3-2-4-9(13)6-11(16(21)23)10-7-14(22)19-8-12-15(10)24-17(18)20-12/h2-6,10H,7-8H2,1H3,(H2,18,20)(H,19,22)/t10-/m0/s1. The van der Waals surface area contributed by atoms with E-state index in [0.29, 0.717) is 17.2 Å². The minimum atomic E-state index is -0.319. The molecule has 2 aromatic heterocycles. The van der Waals surface area contributed by atoms with Gasteiger partial charge in [0.15, 0.2) is 5.13 Å². The molecule has 122 valence electrons. The van der Waals surface area contributed by atoms with Crippen molar-refractivity contribution in [2.75, 3.05) is 5.73 Å². The third-order valence-corrected chi connectivity index (χ3v) is 5.48. The van der Waals surface area contributed by atoms with Gasteiger partial charge in [-0.3, -0.25) is 9.59 Å². The number of carbonyl (C=O) groups excluding carboxylic acids is 1. The Morgan fingerprint density at radius 2 is 2.12 bits per heavy atom. The van der Waals surface area contributed by atoms with Crippen molar-refractivity contribution in [3.63, 3.8) is 0 Å². The van der Waals surface area contributed by atoms with Crippen LogP contribution in [-0.2, 0) is 18.4 Å². The highest BCUT2D eigenvalue weighted by Gasteiger charge is 2.30. The lowest BCUT2D eigenvalue weighted by Gasteiger charge is -2.15. The van der Waals surface area contributed by atoms with Crippen LogP contribution in [0.25, 0.3) is 10.9 Å². The Bertz CT molecular complexity index is 1020. The number of pyridine rings is 1. The van der Waals surface area contributed by atoms with Crippen LogP contribution in [0.4, 0.5) is 5.13 Å². The molecule has 3 aromatic rings. The number of anilines is 1. The minimum absolute atomic E-state index is 0.0843. The zero-order valence-corrected chi connectivity index (χ0v) is 13.9. The fraction of sp³-hybridized carbons (Fsp3) is 0.235. The molecule has 0 saturated heterocycles. The smallest absolute Gasteiger partial charge is 0.254 e. The molecule has 0 saturated carbocycles. The van der Waals surface area contributed by atoms with Crippen molar-refractivity contribution >= 4 is 33.3 Å². The highest BCUT2D eigenvalue weighted by Crippen LogP contribution is 2.36. The van der Waals surface area contributed by atoms with E-state index in [2.05, 4.69) is 10.3 Å². The molecule has 3 N–H and O–H groups in total. The monoisotopic (exact) mass is 340 g/mol. The van der Waals surface area contributed by atoms with Gasteiger partial charge in [-0.25, -0.2) is 4.98 Å². The Hall–Kier alpha value is -2.67. The van der Waals surface area contributed by atoms with Crippen LogP contribution in [0.5, 0.6) is 0 Å². The molecule has 0 fully saturated rings. The molecule has 0 unspecified atom stereocenters. The third kappa shape index (κ3) is 2.28. The molecule has 0 aliphatic carbocycles. The summed E-state index contributed by atoms with van der Waals surface area (Å²) >= 11 is 1.35. The summed E-state index contributed by atoms with van der Waals surface area (Å²) < 4.78 is 1.64. The minimum Gasteiger partial charge on any atom is -0.375 e. The summed E-state index contributed by atoms with van der Waals surface area (Å²) in [6, 6.07) is 9.61. The van der Waals surface area contributed by atoms with Crippen LogP contribution in [-0.4, -0.2) is 15.5 Å². The van der Waals surface area contributed by atoms with E-state index in [4.69, 9.17) is 5.73 Å². The number of amides is 1. The van der Waals surface area contributed by atoms with Gasteiger partial charge in [0.2, 0.25) is 5.91 Å². The second kappa shape index (κ2) is 5.45. The van der Waals surface area contributed by atoms with Crippen molar-refractivity contribution in [2.45, 2.75) is 18.9 Å². The first-order valence-electron chi connectivity index (χ1n) is 7.65. The van der Waals surface area contributed by atoms with Gasteiger partial charge in [-0.1, -0.05) is 18.2 Å². The summed E-state index contributed by atoms with van der Waals surface area (Å²) in [6.45, 7) is 0.353. The Balaban J connectivity index is 1.97. The number of nitrogens with two attached hydrogens (primary N) is 1. The normalized spacial score (nSPS) is 17.4. The molecule has 24 heavy (non-hydrogen) atoms. The number of para-hydroxylation sites is 1. The van der Waals surface area contributed by atoms with E-state index in [1.54, 1.807) is 11.6 Å². The first-order chi connectivity index (χ1) is 11.5. The number of nitrogen functional groups attached to an aromatic ring is 1. The summed E-state index contributed by atoms with van der Waals surface area (Å²) in [5.41, 5.74) is 7.99. The zero-order valence-electron chi connectivity index (χ0n) is 13.1. The third-order valence-electron chi connectivity index (χ3n) is 4.44. The number of hydrogen-bond donors (Lipinski definition) is 2. The molecule has 1 aromatic carbocycles. The molecular formula is C17H16N4O2S. The summed E-state index contributed by atoms with van der Waals surface area (Å²) in [7, 11) is 1.76. The molecule has 3 heterocycles. The van der Waals surface area contributed by atoms with Gasteiger partial charge in [0.1, 0.15) is 0 Å². The fourth-order valence-corrected chi connectivity index (χ4v) is 4.23. The first-order valence-corrected chi connectivity index (χ1v) is 8.46. The molecular weight excluding hydrogens is 324 g/mol. The second-order valence-electron chi connectivity index (χ2n) is 5.92. The number of nitrogens with zero attached hydrogens (tertiary/aromatic N) is 2. The van der Waals surface area contributed by atoms with Crippen LogP contribution in [0, 0.1) is 0 Å². The molecule has 1 amide bonds. The summed E-state index contributed by atoms with van der Waals surface area (Å²) in [6.07, 6.45) is 0.224. The van der Waals surface area contributed by atoms with Gasteiger partial charge in [0.25, 0.3) is 5.56 Å². The number of rotatable bonds is 1. The molecule has 0 spiro atoms. The highest BCUT2D eigenvalue weighted by atomic mass is 32.1. The Morgan fingerprint density at radius 1 is 1.33 bits per heavy atom. The number of aromatic nitrogens is 2. The van der Waals surface area contributed by atoms with Gasteiger partial charge >= 0.3 is 0 Å². The van der Waals surface area contributed by atoms with Crippen molar-refractivity contribution in [3.05, 3.63) is 56.8 Å². The Morgan fingerprint density at radius 3 is 2.96 bits per heavy atom. The number of carbonyl (C=O) groups is 1. The van der Waals surface area contributed by atoms with Gasteiger partial charge < -0.3 is 15.6 Å². The molecule has 7 heteroatoms. The SMILES string of the molecule is Cn1c(=O)c([C@@H]2CC(=O)NCc3nc(N)sc32)cc2ccccc21. The van der Waals surface area contributed by atoms with Crippen LogP contribution < -0.4 is 16.6 Å². The number of aryl methyl sites for hydroxylation is 1. The molecule has 1 aliphatic rings. The van der Waals surface area contributed by atoms with Gasteiger partial charge in [0.05, 0.1) is 17.8 Å². The second-order valence-corrected chi connectivity index (χ2v) is 6.98. The van der Waals surface area contributed by atoms with Gasteiger partial charge in [-0.05, 0) is 17.5 Å². The van der Waals surface area contributed by atoms with Crippen molar-refractivity contribution in [2.24, 2.45) is 7.05 Å². The van der Waals surface area contributed by atoms with E-state index in [-0.39, 0.29) is 23.8 Å². The quantitative estimate of drug-likeness (QED) is 0.706. The van der Waals surface area contributed by atoms with Gasteiger partial charge in [0, 0.05) is 29.8 Å². The van der Waals surface area contributed by atoms with E-state index in [9.17, 15) is 9.59 Å². The number of benzene rings is 1. The lowest BCUT2D eigenvalue weighted by molar-refractivity contribution is -0.121. The Kier molecular flexibility index (Phi) is 3.38. The highest BCUT2D eigenvalue weighted by molar-refractivity contribution is 7.15. The maximum Gasteiger partial charge on any atom is 0.254 e. The average molecular weight is 340 g/mol. The number of fused-ring (bicyclic) bond motifs is 2. The average Bonchev–Trinajstić information content (AvgIpc) is 2.88. The maximum absolute atomic E-state index is 12.9. The molecule has 0 bridgehead atoms. The van der Waals surface area contributed by atoms with Crippen molar-refractivity contribution < 1.29 is 4.79 Å². The summed E-state index contributed by atoms with van der Waals surface area (Å²) in [4.78, 5) is 30.2. The van der Waals surface area contributed by atoms with E-state index < -0.39 is 0 Å². The van der Waals surface area contributed by atoms with Crippen molar-refractivity contribution in [1.29, 1.82) is 0 Å². The van der Waals surface area contributed by atoms with Crippen LogP contribution >= 0.6 is 11.3 Å². The van der Waals surface area contributed by atoms with Crippen LogP contribution in [0.15, 0.2) is 35.1 Å². The first kappa shape index (κ1) is 14.9. The molecule has 1 aliphatic heterocycles. The number of hydrogen-bond acceptors (Lipinski definition) is 5. The van der Waals surface area contributed by atoms with Gasteiger partial charge in [-0.2, -0.15) is 0 Å². The van der Waals surface area contributed by atoms with Crippen molar-refractivity contribution in [1.82, 2.24) is 14.9 Å². The number of thiazole rings is 1. The maximum atomic E-state index is 12.9. The van der Waals surface area contributed by atoms with Crippen LogP contribution in [0.3, 0.4) is 0 Å². The largest absolute Gasteiger partial charge is 0.375 e. The van der Waals surface area contributed by atoms with Crippen molar-refractivity contribution in [3.8, 4) is 0 Å². The zero-order chi connectivity index (χ0) is 16.8. The molecule has 6 nitrogen and oxygen atoms in total. The van der Waals surface area contributed by atoms with Crippen LogP contribution in [0.1, 0.15) is 28.5 Å². The van der Waals surface area contributed by atoms with E-state index in [0.717, 1.165) is 21.5 Å². The summed E-state index contributed by atoms with van der Waals surface area (Å²) in [5.74, 6) is -0.403. The fourth-order valence-electron chi connectivity index (χ4n) is 3.26. The topological polar surface area (TPSA) is 90.0 Å². The summed E-state index contributed by atoms with van der Waals surface area (Å²) in [5, 5.41) is 4.25. The van der Waals surface area contributed by atoms with Crippen LogP contribution in [0.2, 0.25) is 0 Å². The van der Waals surface area contributed by atoms with E-state index in [1.165, 1.54) is 11.3 Å². The van der Waals surface area contributed by atoms with Gasteiger partial charge in [-0.15, -0.1) is 11.3 Å². The van der Waals surface area contributed by atoms with E-state index in [1.807, 2.05) is 30.3 Å². The molecule has 4 rings (SSSR count). The lowest BCUT2D eigenvalue weighted by atomic mass is 9.93. The lowest BCUT2D eigenvalue weighted by Crippen LogP contribution is -2.26. The van der Waals surface area contributed by atoms with E-state index >= 15 is 0 Å². The number of nitrogens with one attached hydrogen (secondary N) is 1. The Labute approximate surface area is 141 Å².